The number of hydrogen-bond acceptors (Lipinski definition) is 3. The van der Waals surface area contributed by atoms with Crippen LogP contribution >= 0.6 is 24.0 Å². The fourth-order valence-electron chi connectivity index (χ4n) is 1.55. The van der Waals surface area contributed by atoms with Crippen LogP contribution < -0.4 is 11.1 Å². The summed E-state index contributed by atoms with van der Waals surface area (Å²) < 4.78 is 38.7. The molecule has 0 aromatic heterocycles. The largest absolute Gasteiger partial charge is 0.417 e. The lowest BCUT2D eigenvalue weighted by Gasteiger charge is -2.14. The summed E-state index contributed by atoms with van der Waals surface area (Å²) in [5.74, 6) is 0.962. The smallest absolute Gasteiger partial charge is 0.389 e. The first-order chi connectivity index (χ1) is 8.86. The number of thiocarbonyl (C=S) groups is 1. The van der Waals surface area contributed by atoms with E-state index in [0.717, 1.165) is 18.2 Å². The van der Waals surface area contributed by atoms with Gasteiger partial charge in [0, 0.05) is 17.8 Å². The summed E-state index contributed by atoms with van der Waals surface area (Å²) >= 11 is 6.34. The lowest BCUT2D eigenvalue weighted by molar-refractivity contribution is -0.137. The molecule has 1 aromatic rings. The van der Waals surface area contributed by atoms with Gasteiger partial charge in [-0.3, -0.25) is 0 Å². The lowest BCUT2D eigenvalue weighted by atomic mass is 10.1. The molecule has 0 radical (unpaired) electrons. The number of anilines is 1. The van der Waals surface area contributed by atoms with Gasteiger partial charge in [-0.25, -0.2) is 0 Å². The lowest BCUT2D eigenvalue weighted by Crippen LogP contribution is -2.18. The molecule has 0 aliphatic heterocycles. The molecular formula is C12H15F3N2S2. The van der Waals surface area contributed by atoms with E-state index in [4.69, 9.17) is 5.73 Å². The molecule has 0 spiro atoms. The highest BCUT2D eigenvalue weighted by Gasteiger charge is 2.34. The predicted molar refractivity (Wildman–Crippen MR) is 78.8 cm³/mol. The van der Waals surface area contributed by atoms with E-state index in [0.29, 0.717) is 12.2 Å². The molecule has 0 saturated carbocycles. The van der Waals surface area contributed by atoms with Crippen LogP contribution in [0.2, 0.25) is 0 Å². The molecule has 2 nitrogen and oxygen atoms in total. The van der Waals surface area contributed by atoms with E-state index in [1.54, 1.807) is 17.8 Å². The van der Waals surface area contributed by atoms with Crippen molar-refractivity contribution in [3.63, 3.8) is 0 Å². The number of nitrogens with one attached hydrogen (secondary N) is 1. The topological polar surface area (TPSA) is 38.0 Å². The van der Waals surface area contributed by atoms with E-state index in [1.807, 2.05) is 6.26 Å². The molecule has 19 heavy (non-hydrogen) atoms. The van der Waals surface area contributed by atoms with Crippen LogP contribution in [-0.4, -0.2) is 23.5 Å². The van der Waals surface area contributed by atoms with Crippen molar-refractivity contribution in [2.75, 3.05) is 23.9 Å². The van der Waals surface area contributed by atoms with Gasteiger partial charge in [0.25, 0.3) is 0 Å². The van der Waals surface area contributed by atoms with Gasteiger partial charge in [0.05, 0.1) is 5.56 Å². The number of nitrogens with two attached hydrogens (primary N) is 1. The zero-order chi connectivity index (χ0) is 14.5. The number of hydrogen-bond donors (Lipinski definition) is 2. The first-order valence-electron chi connectivity index (χ1n) is 5.60. The second kappa shape index (κ2) is 7.00. The van der Waals surface area contributed by atoms with E-state index in [-0.39, 0.29) is 10.6 Å². The van der Waals surface area contributed by atoms with Crippen LogP contribution in [0.5, 0.6) is 0 Å². The standard InChI is InChI=1S/C12H15F3N2S2/c1-19-6-2-5-17-8-3-4-9(11(16)18)10(7-8)12(13,14)15/h3-4,7,17H,2,5-6H2,1H3,(H2,16,18). The summed E-state index contributed by atoms with van der Waals surface area (Å²) in [6, 6.07) is 3.92. The zero-order valence-electron chi connectivity index (χ0n) is 10.4. The molecule has 0 bridgehead atoms. The fraction of sp³-hybridized carbons (Fsp3) is 0.417. The van der Waals surface area contributed by atoms with Crippen LogP contribution in [-0.2, 0) is 6.18 Å². The van der Waals surface area contributed by atoms with Crippen molar-refractivity contribution in [3.8, 4) is 0 Å². The molecule has 7 heteroatoms. The Morgan fingerprint density at radius 3 is 2.63 bits per heavy atom. The van der Waals surface area contributed by atoms with Crippen molar-refractivity contribution < 1.29 is 13.2 Å². The molecule has 0 fully saturated rings. The Labute approximate surface area is 119 Å². The number of rotatable bonds is 6. The monoisotopic (exact) mass is 308 g/mol. The van der Waals surface area contributed by atoms with Gasteiger partial charge in [-0.1, -0.05) is 12.2 Å². The SMILES string of the molecule is CSCCCNc1ccc(C(N)=S)c(C(F)(F)F)c1. The zero-order valence-corrected chi connectivity index (χ0v) is 12.0. The van der Waals surface area contributed by atoms with Crippen LogP contribution in [0.1, 0.15) is 17.5 Å². The normalized spacial score (nSPS) is 11.4. The highest BCUT2D eigenvalue weighted by atomic mass is 32.2. The van der Waals surface area contributed by atoms with Crippen molar-refractivity contribution in [1.29, 1.82) is 0 Å². The van der Waals surface area contributed by atoms with Crippen LogP contribution in [0.15, 0.2) is 18.2 Å². The summed E-state index contributed by atoms with van der Waals surface area (Å²) in [7, 11) is 0. The van der Waals surface area contributed by atoms with Crippen LogP contribution in [0.25, 0.3) is 0 Å². The summed E-state index contributed by atoms with van der Waals surface area (Å²) in [5.41, 5.74) is 4.80. The highest BCUT2D eigenvalue weighted by Crippen LogP contribution is 2.33. The minimum Gasteiger partial charge on any atom is -0.389 e. The van der Waals surface area contributed by atoms with E-state index in [9.17, 15) is 13.2 Å². The minimum absolute atomic E-state index is 0.142. The number of thioether (sulfide) groups is 1. The maximum atomic E-state index is 12.9. The van der Waals surface area contributed by atoms with E-state index < -0.39 is 11.7 Å². The molecule has 0 heterocycles. The van der Waals surface area contributed by atoms with E-state index in [2.05, 4.69) is 17.5 Å². The molecule has 0 atom stereocenters. The van der Waals surface area contributed by atoms with Crippen LogP contribution in [0, 0.1) is 0 Å². The summed E-state index contributed by atoms with van der Waals surface area (Å²) in [5, 5.41) is 2.96. The van der Waals surface area contributed by atoms with Crippen molar-refractivity contribution in [2.24, 2.45) is 5.73 Å². The quantitative estimate of drug-likeness (QED) is 0.623. The molecule has 0 aliphatic rings. The molecule has 3 N–H and O–H groups in total. The minimum atomic E-state index is -4.46. The highest BCUT2D eigenvalue weighted by molar-refractivity contribution is 7.98. The van der Waals surface area contributed by atoms with Gasteiger partial charge in [0.15, 0.2) is 0 Å². The Balaban J connectivity index is 2.90. The van der Waals surface area contributed by atoms with Gasteiger partial charge in [-0.05, 0) is 36.6 Å². The Bertz CT molecular complexity index is 447. The second-order valence-corrected chi connectivity index (χ2v) is 5.32. The fourth-order valence-corrected chi connectivity index (χ4v) is 2.16. The molecule has 0 unspecified atom stereocenters. The summed E-state index contributed by atoms with van der Waals surface area (Å²) in [6.07, 6.45) is -1.59. The number of benzene rings is 1. The Morgan fingerprint density at radius 1 is 1.42 bits per heavy atom. The molecule has 0 aliphatic carbocycles. The molecule has 0 amide bonds. The Kier molecular flexibility index (Phi) is 5.93. The van der Waals surface area contributed by atoms with Gasteiger partial charge < -0.3 is 11.1 Å². The van der Waals surface area contributed by atoms with E-state index in [1.165, 1.54) is 6.07 Å². The first-order valence-corrected chi connectivity index (χ1v) is 7.40. The van der Waals surface area contributed by atoms with Crippen molar-refractivity contribution >= 4 is 34.7 Å². The van der Waals surface area contributed by atoms with Crippen molar-refractivity contribution in [2.45, 2.75) is 12.6 Å². The Hall–Kier alpha value is -0.950. The molecular weight excluding hydrogens is 293 g/mol. The van der Waals surface area contributed by atoms with Crippen molar-refractivity contribution in [1.82, 2.24) is 0 Å². The second-order valence-electron chi connectivity index (χ2n) is 3.90. The summed E-state index contributed by atoms with van der Waals surface area (Å²) in [4.78, 5) is -0.249. The molecule has 1 aromatic carbocycles. The first kappa shape index (κ1) is 16.1. The van der Waals surface area contributed by atoms with Gasteiger partial charge in [-0.2, -0.15) is 24.9 Å². The van der Waals surface area contributed by atoms with Gasteiger partial charge >= 0.3 is 6.18 Å². The molecule has 0 saturated heterocycles. The third-order valence-electron chi connectivity index (χ3n) is 2.44. The van der Waals surface area contributed by atoms with Crippen LogP contribution in [0.4, 0.5) is 18.9 Å². The average Bonchev–Trinajstić information content (AvgIpc) is 2.33. The third-order valence-corrected chi connectivity index (χ3v) is 3.36. The molecule has 106 valence electrons. The Morgan fingerprint density at radius 2 is 2.11 bits per heavy atom. The number of alkyl halides is 3. The van der Waals surface area contributed by atoms with Gasteiger partial charge in [-0.15, -0.1) is 0 Å². The third kappa shape index (κ3) is 4.91. The average molecular weight is 308 g/mol. The maximum absolute atomic E-state index is 12.9. The van der Waals surface area contributed by atoms with Crippen LogP contribution in [0.3, 0.4) is 0 Å². The van der Waals surface area contributed by atoms with Gasteiger partial charge in [0.2, 0.25) is 0 Å². The molecule has 1 rings (SSSR count). The van der Waals surface area contributed by atoms with Gasteiger partial charge in [0.1, 0.15) is 4.99 Å². The van der Waals surface area contributed by atoms with E-state index >= 15 is 0 Å². The number of halogens is 3. The summed E-state index contributed by atoms with van der Waals surface area (Å²) in [6.45, 7) is 0.630. The predicted octanol–water partition coefficient (Wildman–Crippen LogP) is 3.50. The maximum Gasteiger partial charge on any atom is 0.417 e. The van der Waals surface area contributed by atoms with Crippen molar-refractivity contribution in [3.05, 3.63) is 29.3 Å².